The molecule has 3 nitrogen and oxygen atoms in total. The van der Waals surface area contributed by atoms with Gasteiger partial charge in [-0.1, -0.05) is 13.0 Å². The molecule has 0 radical (unpaired) electrons. The zero-order valence-electron chi connectivity index (χ0n) is 9.27. The van der Waals surface area contributed by atoms with Crippen LogP contribution in [0.15, 0.2) is 24.4 Å². The predicted octanol–water partition coefficient (Wildman–Crippen LogP) is 1.78. The van der Waals surface area contributed by atoms with E-state index < -0.39 is 0 Å². The maximum Gasteiger partial charge on any atom is 0.0696 e. The van der Waals surface area contributed by atoms with E-state index in [0.29, 0.717) is 5.92 Å². The van der Waals surface area contributed by atoms with Gasteiger partial charge in [-0.3, -0.25) is 0 Å². The monoisotopic (exact) mass is 203 g/mol. The van der Waals surface area contributed by atoms with Crippen LogP contribution in [0.1, 0.15) is 18.2 Å². The van der Waals surface area contributed by atoms with Crippen molar-refractivity contribution in [2.75, 3.05) is 6.54 Å². The highest BCUT2D eigenvalue weighted by Crippen LogP contribution is 2.15. The second kappa shape index (κ2) is 4.03. The fraction of sp³-hybridized carbons (Fsp3) is 0.417. The van der Waals surface area contributed by atoms with Crippen molar-refractivity contribution in [1.29, 1.82) is 0 Å². The highest BCUT2D eigenvalue weighted by molar-refractivity contribution is 5.54. The van der Waals surface area contributed by atoms with Crippen LogP contribution in [0, 0.1) is 12.8 Å². The number of hydrogen-bond acceptors (Lipinski definition) is 2. The van der Waals surface area contributed by atoms with Crippen LogP contribution in [0.5, 0.6) is 0 Å². The van der Waals surface area contributed by atoms with Crippen LogP contribution >= 0.6 is 0 Å². The Labute approximate surface area is 89.9 Å². The maximum atomic E-state index is 5.64. The molecular weight excluding hydrogens is 186 g/mol. The van der Waals surface area contributed by atoms with Crippen molar-refractivity contribution in [1.82, 2.24) is 9.61 Å². The van der Waals surface area contributed by atoms with Crippen LogP contribution < -0.4 is 5.73 Å². The molecular formula is C12H17N3. The number of nitrogens with two attached hydrogens (primary N) is 1. The van der Waals surface area contributed by atoms with Gasteiger partial charge in [0.25, 0.3) is 0 Å². The van der Waals surface area contributed by atoms with Gasteiger partial charge in [-0.15, -0.1) is 0 Å². The Morgan fingerprint density at radius 2 is 2.27 bits per heavy atom. The maximum absolute atomic E-state index is 5.64. The van der Waals surface area contributed by atoms with Crippen LogP contribution in [-0.4, -0.2) is 16.2 Å². The number of aryl methyl sites for hydroxylation is 1. The number of nitrogens with zero attached hydrogens (tertiary/aromatic N) is 2. The molecule has 2 heterocycles. The van der Waals surface area contributed by atoms with Gasteiger partial charge in [-0.05, 0) is 43.5 Å². The molecule has 1 atom stereocenters. The first-order valence-electron chi connectivity index (χ1n) is 5.34. The molecule has 80 valence electrons. The molecule has 2 aromatic rings. The zero-order chi connectivity index (χ0) is 10.8. The van der Waals surface area contributed by atoms with Gasteiger partial charge in [0.1, 0.15) is 0 Å². The topological polar surface area (TPSA) is 43.3 Å². The van der Waals surface area contributed by atoms with Gasteiger partial charge in [0.15, 0.2) is 0 Å². The molecule has 0 bridgehead atoms. The van der Waals surface area contributed by atoms with Gasteiger partial charge < -0.3 is 5.73 Å². The van der Waals surface area contributed by atoms with Crippen LogP contribution in [0.3, 0.4) is 0 Å². The number of aromatic nitrogens is 2. The lowest BCUT2D eigenvalue weighted by atomic mass is 10.0. The largest absolute Gasteiger partial charge is 0.330 e. The second-order valence-corrected chi connectivity index (χ2v) is 4.18. The predicted molar refractivity (Wildman–Crippen MR) is 61.9 cm³/mol. The minimum absolute atomic E-state index is 0.513. The van der Waals surface area contributed by atoms with E-state index in [-0.39, 0.29) is 0 Å². The van der Waals surface area contributed by atoms with Crippen molar-refractivity contribution in [3.8, 4) is 0 Å². The molecule has 0 saturated heterocycles. The lowest BCUT2D eigenvalue weighted by molar-refractivity contribution is 0.595. The van der Waals surface area contributed by atoms with Crippen LogP contribution in [0.25, 0.3) is 5.52 Å². The summed E-state index contributed by atoms with van der Waals surface area (Å²) in [6.07, 6.45) is 2.96. The van der Waals surface area contributed by atoms with Gasteiger partial charge in [0.05, 0.1) is 11.7 Å². The lowest BCUT2D eigenvalue weighted by Gasteiger charge is -2.06. The smallest absolute Gasteiger partial charge is 0.0696 e. The fourth-order valence-corrected chi connectivity index (χ4v) is 1.82. The molecule has 0 aliphatic carbocycles. The third-order valence-electron chi connectivity index (χ3n) is 2.78. The average molecular weight is 203 g/mol. The molecule has 0 aliphatic rings. The first-order chi connectivity index (χ1) is 7.22. The SMILES string of the molecule is Cc1cccc2c(CC(C)CN)cnn12. The molecule has 2 N–H and O–H groups in total. The van der Waals surface area contributed by atoms with Gasteiger partial charge >= 0.3 is 0 Å². The Morgan fingerprint density at radius 3 is 3.00 bits per heavy atom. The van der Waals surface area contributed by atoms with Gasteiger partial charge in [0.2, 0.25) is 0 Å². The van der Waals surface area contributed by atoms with E-state index in [1.165, 1.54) is 16.8 Å². The van der Waals surface area contributed by atoms with Gasteiger partial charge in [0, 0.05) is 5.69 Å². The molecule has 0 aliphatic heterocycles. The van der Waals surface area contributed by atoms with E-state index in [2.05, 4.69) is 37.1 Å². The normalized spacial score (nSPS) is 13.3. The van der Waals surface area contributed by atoms with Crippen molar-refractivity contribution >= 4 is 5.52 Å². The molecule has 2 rings (SSSR count). The summed E-state index contributed by atoms with van der Waals surface area (Å²) in [5, 5.41) is 4.38. The van der Waals surface area contributed by atoms with E-state index >= 15 is 0 Å². The number of fused-ring (bicyclic) bond motifs is 1. The molecule has 0 fully saturated rings. The van der Waals surface area contributed by atoms with E-state index in [0.717, 1.165) is 13.0 Å². The van der Waals surface area contributed by atoms with E-state index in [1.807, 2.05) is 10.7 Å². The number of pyridine rings is 1. The Balaban J connectivity index is 2.41. The van der Waals surface area contributed by atoms with Crippen molar-refractivity contribution in [3.05, 3.63) is 35.7 Å². The minimum Gasteiger partial charge on any atom is -0.330 e. The lowest BCUT2D eigenvalue weighted by Crippen LogP contribution is -2.12. The first kappa shape index (κ1) is 10.2. The summed E-state index contributed by atoms with van der Waals surface area (Å²) >= 11 is 0. The Hall–Kier alpha value is -1.35. The second-order valence-electron chi connectivity index (χ2n) is 4.18. The highest BCUT2D eigenvalue weighted by atomic mass is 15.2. The molecule has 0 amide bonds. The summed E-state index contributed by atoms with van der Waals surface area (Å²) in [6.45, 7) is 4.96. The van der Waals surface area contributed by atoms with Gasteiger partial charge in [-0.2, -0.15) is 5.10 Å². The molecule has 0 saturated carbocycles. The quantitative estimate of drug-likeness (QED) is 0.826. The molecule has 0 aromatic carbocycles. The van der Waals surface area contributed by atoms with E-state index in [9.17, 15) is 0 Å². The third kappa shape index (κ3) is 1.88. The van der Waals surface area contributed by atoms with Crippen molar-refractivity contribution < 1.29 is 0 Å². The van der Waals surface area contributed by atoms with Gasteiger partial charge in [-0.25, -0.2) is 4.52 Å². The Morgan fingerprint density at radius 1 is 1.47 bits per heavy atom. The first-order valence-corrected chi connectivity index (χ1v) is 5.34. The molecule has 3 heteroatoms. The zero-order valence-corrected chi connectivity index (χ0v) is 9.27. The number of rotatable bonds is 3. The van der Waals surface area contributed by atoms with Crippen molar-refractivity contribution in [2.24, 2.45) is 11.7 Å². The summed E-state index contributed by atoms with van der Waals surface area (Å²) in [6, 6.07) is 6.25. The molecule has 2 aromatic heterocycles. The van der Waals surface area contributed by atoms with Crippen molar-refractivity contribution in [2.45, 2.75) is 20.3 Å². The van der Waals surface area contributed by atoms with Crippen LogP contribution in [0.2, 0.25) is 0 Å². The fourth-order valence-electron chi connectivity index (χ4n) is 1.82. The summed E-state index contributed by atoms with van der Waals surface area (Å²) in [5.74, 6) is 0.513. The summed E-state index contributed by atoms with van der Waals surface area (Å²) < 4.78 is 1.98. The van der Waals surface area contributed by atoms with Crippen molar-refractivity contribution in [3.63, 3.8) is 0 Å². The Bertz CT molecular complexity index is 459. The molecule has 15 heavy (non-hydrogen) atoms. The van der Waals surface area contributed by atoms with Crippen LogP contribution in [0.4, 0.5) is 0 Å². The summed E-state index contributed by atoms with van der Waals surface area (Å²) in [5.41, 5.74) is 9.29. The van der Waals surface area contributed by atoms with Crippen LogP contribution in [-0.2, 0) is 6.42 Å². The molecule has 1 unspecified atom stereocenters. The van der Waals surface area contributed by atoms with E-state index in [1.54, 1.807) is 0 Å². The summed E-state index contributed by atoms with van der Waals surface area (Å²) in [7, 11) is 0. The Kier molecular flexibility index (Phi) is 2.73. The minimum atomic E-state index is 0.513. The van der Waals surface area contributed by atoms with E-state index in [4.69, 9.17) is 5.73 Å². The number of hydrogen-bond donors (Lipinski definition) is 1. The third-order valence-corrected chi connectivity index (χ3v) is 2.78. The molecule has 0 spiro atoms. The highest BCUT2D eigenvalue weighted by Gasteiger charge is 2.08. The average Bonchev–Trinajstić information content (AvgIpc) is 2.63. The standard InChI is InChI=1S/C12H17N3/c1-9(7-13)6-11-8-14-15-10(2)4-3-5-12(11)15/h3-5,8-9H,6-7,13H2,1-2H3. The summed E-state index contributed by atoms with van der Waals surface area (Å²) in [4.78, 5) is 0.